The van der Waals surface area contributed by atoms with E-state index in [4.69, 9.17) is 14.6 Å². The molecule has 5 nitrogen and oxygen atoms in total. The normalized spacial score (nSPS) is 18.1. The van der Waals surface area contributed by atoms with Crippen LogP contribution in [0.25, 0.3) is 0 Å². The maximum Gasteiger partial charge on any atom is 0.323 e. The Kier molecular flexibility index (Phi) is 5.36. The first kappa shape index (κ1) is 14.4. The number of carboxylic acid groups (broad SMARTS) is 1. The van der Waals surface area contributed by atoms with Crippen molar-refractivity contribution < 1.29 is 19.4 Å². The molecule has 0 aromatic heterocycles. The fraction of sp³-hybridized carbons (Fsp3) is 0.917. The Morgan fingerprint density at radius 2 is 2.06 bits per heavy atom. The molecular weight excluding hydrogens is 222 g/mol. The van der Waals surface area contributed by atoms with Gasteiger partial charge in [-0.25, -0.2) is 0 Å². The van der Waals surface area contributed by atoms with E-state index in [1.165, 1.54) is 0 Å². The molecule has 0 bridgehead atoms. The molecule has 0 saturated heterocycles. The summed E-state index contributed by atoms with van der Waals surface area (Å²) in [5, 5.41) is 12.0. The van der Waals surface area contributed by atoms with Gasteiger partial charge in [-0.3, -0.25) is 10.1 Å². The number of hydrogen-bond acceptors (Lipinski definition) is 4. The molecule has 1 saturated carbocycles. The van der Waals surface area contributed by atoms with E-state index in [0.29, 0.717) is 19.3 Å². The van der Waals surface area contributed by atoms with Crippen molar-refractivity contribution in [3.63, 3.8) is 0 Å². The van der Waals surface area contributed by atoms with Gasteiger partial charge in [0.15, 0.2) is 0 Å². The first-order valence-corrected chi connectivity index (χ1v) is 6.09. The van der Waals surface area contributed by atoms with Gasteiger partial charge in [0.1, 0.15) is 6.04 Å². The summed E-state index contributed by atoms with van der Waals surface area (Å²) in [6.45, 7) is 7.02. The van der Waals surface area contributed by atoms with Crippen LogP contribution in [0.2, 0.25) is 0 Å². The second-order valence-electron chi connectivity index (χ2n) is 5.37. The second kappa shape index (κ2) is 6.33. The van der Waals surface area contributed by atoms with Crippen molar-refractivity contribution in [1.29, 1.82) is 0 Å². The van der Waals surface area contributed by atoms with Crippen LogP contribution in [-0.2, 0) is 14.3 Å². The third-order valence-electron chi connectivity index (χ3n) is 2.36. The number of carboxylic acids is 1. The van der Waals surface area contributed by atoms with E-state index in [9.17, 15) is 4.79 Å². The predicted molar refractivity (Wildman–Crippen MR) is 64.1 cm³/mol. The van der Waals surface area contributed by atoms with E-state index in [1.54, 1.807) is 0 Å². The third kappa shape index (κ3) is 7.31. The van der Waals surface area contributed by atoms with Gasteiger partial charge in [-0.05, 0) is 33.6 Å². The Balaban J connectivity index is 2.07. The highest BCUT2D eigenvalue weighted by molar-refractivity contribution is 5.73. The number of aliphatic carboxylic acids is 1. The Morgan fingerprint density at radius 1 is 1.41 bits per heavy atom. The quantitative estimate of drug-likeness (QED) is 0.625. The topological polar surface area (TPSA) is 67.8 Å². The van der Waals surface area contributed by atoms with Crippen LogP contribution in [0.4, 0.5) is 0 Å². The van der Waals surface area contributed by atoms with Crippen LogP contribution in [-0.4, -0.2) is 48.6 Å². The van der Waals surface area contributed by atoms with Gasteiger partial charge < -0.3 is 14.6 Å². The van der Waals surface area contributed by atoms with Crippen molar-refractivity contribution in [2.24, 2.45) is 0 Å². The zero-order valence-corrected chi connectivity index (χ0v) is 10.9. The second-order valence-corrected chi connectivity index (χ2v) is 5.37. The first-order chi connectivity index (χ1) is 7.88. The lowest BCUT2D eigenvalue weighted by Crippen LogP contribution is -2.42. The molecule has 0 spiro atoms. The molecule has 100 valence electrons. The SMILES string of the molecule is CC(C)(C)OCCOCC(NC1CC1)C(=O)O. The minimum atomic E-state index is -0.853. The molecule has 0 aromatic carbocycles. The summed E-state index contributed by atoms with van der Waals surface area (Å²) in [7, 11) is 0. The van der Waals surface area contributed by atoms with Crippen LogP contribution in [0.1, 0.15) is 33.6 Å². The lowest BCUT2D eigenvalue weighted by molar-refractivity contribution is -0.141. The smallest absolute Gasteiger partial charge is 0.323 e. The minimum Gasteiger partial charge on any atom is -0.480 e. The van der Waals surface area contributed by atoms with Crippen LogP contribution in [0.5, 0.6) is 0 Å². The van der Waals surface area contributed by atoms with Crippen molar-refractivity contribution in [1.82, 2.24) is 5.32 Å². The Hall–Kier alpha value is -0.650. The van der Waals surface area contributed by atoms with Gasteiger partial charge in [-0.2, -0.15) is 0 Å². The molecule has 17 heavy (non-hydrogen) atoms. The van der Waals surface area contributed by atoms with Crippen LogP contribution >= 0.6 is 0 Å². The molecule has 1 atom stereocenters. The standard InChI is InChI=1S/C12H23NO4/c1-12(2,3)17-7-6-16-8-10(11(14)15)13-9-4-5-9/h9-10,13H,4-8H2,1-3H3,(H,14,15). The van der Waals surface area contributed by atoms with Gasteiger partial charge in [0.05, 0.1) is 25.4 Å². The maximum atomic E-state index is 10.9. The van der Waals surface area contributed by atoms with Gasteiger partial charge in [0.25, 0.3) is 0 Å². The predicted octanol–water partition coefficient (Wildman–Crippen LogP) is 1.02. The molecule has 5 heteroatoms. The molecule has 2 N–H and O–H groups in total. The van der Waals surface area contributed by atoms with Crippen molar-refractivity contribution in [2.45, 2.75) is 51.3 Å². The van der Waals surface area contributed by atoms with Crippen LogP contribution in [0.15, 0.2) is 0 Å². The highest BCUT2D eigenvalue weighted by Crippen LogP contribution is 2.19. The molecule has 1 aliphatic rings. The zero-order chi connectivity index (χ0) is 12.9. The van der Waals surface area contributed by atoms with Gasteiger partial charge in [0, 0.05) is 6.04 Å². The Bertz CT molecular complexity index is 245. The van der Waals surface area contributed by atoms with Crippen LogP contribution in [0.3, 0.4) is 0 Å². The summed E-state index contributed by atoms with van der Waals surface area (Å²) in [6, 6.07) is -0.234. The average Bonchev–Trinajstić information content (AvgIpc) is 2.97. The highest BCUT2D eigenvalue weighted by Gasteiger charge is 2.28. The number of ether oxygens (including phenoxy) is 2. The van der Waals surface area contributed by atoms with Gasteiger partial charge in [-0.1, -0.05) is 0 Å². The van der Waals surface area contributed by atoms with Crippen molar-refractivity contribution in [2.75, 3.05) is 19.8 Å². The molecule has 1 aliphatic carbocycles. The van der Waals surface area contributed by atoms with E-state index in [0.717, 1.165) is 12.8 Å². The van der Waals surface area contributed by atoms with E-state index in [2.05, 4.69) is 5.32 Å². The third-order valence-corrected chi connectivity index (χ3v) is 2.36. The zero-order valence-electron chi connectivity index (χ0n) is 10.9. The molecule has 0 amide bonds. The molecule has 1 fully saturated rings. The number of carbonyl (C=O) groups is 1. The summed E-state index contributed by atoms with van der Waals surface area (Å²) in [5.41, 5.74) is -0.179. The lowest BCUT2D eigenvalue weighted by Gasteiger charge is -2.20. The van der Waals surface area contributed by atoms with Crippen molar-refractivity contribution in [3.05, 3.63) is 0 Å². The lowest BCUT2D eigenvalue weighted by atomic mass is 10.2. The fourth-order valence-corrected chi connectivity index (χ4v) is 1.33. The maximum absolute atomic E-state index is 10.9. The van der Waals surface area contributed by atoms with E-state index in [-0.39, 0.29) is 12.2 Å². The average molecular weight is 245 g/mol. The summed E-state index contributed by atoms with van der Waals surface area (Å²) in [5.74, 6) is -0.853. The van der Waals surface area contributed by atoms with Crippen molar-refractivity contribution in [3.8, 4) is 0 Å². The highest BCUT2D eigenvalue weighted by atomic mass is 16.5. The van der Waals surface area contributed by atoms with Crippen LogP contribution in [0, 0.1) is 0 Å². The number of rotatable bonds is 8. The molecule has 0 aliphatic heterocycles. The molecular formula is C12H23NO4. The molecule has 0 heterocycles. The van der Waals surface area contributed by atoms with Gasteiger partial charge in [0.2, 0.25) is 0 Å². The van der Waals surface area contributed by atoms with E-state index >= 15 is 0 Å². The Labute approximate surface area is 102 Å². The summed E-state index contributed by atoms with van der Waals surface area (Å²) in [6.07, 6.45) is 2.13. The monoisotopic (exact) mass is 245 g/mol. The van der Waals surface area contributed by atoms with E-state index < -0.39 is 12.0 Å². The Morgan fingerprint density at radius 3 is 2.53 bits per heavy atom. The fourth-order valence-electron chi connectivity index (χ4n) is 1.33. The first-order valence-electron chi connectivity index (χ1n) is 6.09. The number of hydrogen-bond donors (Lipinski definition) is 2. The molecule has 0 radical (unpaired) electrons. The van der Waals surface area contributed by atoms with Gasteiger partial charge >= 0.3 is 5.97 Å². The summed E-state index contributed by atoms with van der Waals surface area (Å²) in [4.78, 5) is 10.9. The van der Waals surface area contributed by atoms with Crippen molar-refractivity contribution >= 4 is 5.97 Å². The molecule has 1 unspecified atom stereocenters. The molecule has 1 rings (SSSR count). The molecule has 0 aromatic rings. The number of nitrogens with one attached hydrogen (secondary N) is 1. The van der Waals surface area contributed by atoms with Gasteiger partial charge in [-0.15, -0.1) is 0 Å². The largest absolute Gasteiger partial charge is 0.480 e. The van der Waals surface area contributed by atoms with E-state index in [1.807, 2.05) is 20.8 Å². The minimum absolute atomic E-state index is 0.179. The van der Waals surface area contributed by atoms with Crippen LogP contribution < -0.4 is 5.32 Å². The summed E-state index contributed by atoms with van der Waals surface area (Å²) < 4.78 is 10.8. The summed E-state index contributed by atoms with van der Waals surface area (Å²) >= 11 is 0.